The molecule has 2 amide bonds. The van der Waals surface area contributed by atoms with Gasteiger partial charge in [0.15, 0.2) is 0 Å². The second kappa shape index (κ2) is 6.62. The summed E-state index contributed by atoms with van der Waals surface area (Å²) in [5, 5.41) is 1.20. The van der Waals surface area contributed by atoms with Crippen molar-refractivity contribution in [2.75, 3.05) is 4.90 Å². The second-order valence-corrected chi connectivity index (χ2v) is 8.00. The minimum Gasteiger partial charge on any atom is -0.357 e. The molecule has 0 unspecified atom stereocenters. The van der Waals surface area contributed by atoms with Gasteiger partial charge in [-0.1, -0.05) is 56.2 Å². The van der Waals surface area contributed by atoms with E-state index in [1.54, 1.807) is 0 Å². The summed E-state index contributed by atoms with van der Waals surface area (Å²) in [6.07, 6.45) is 4.08. The van der Waals surface area contributed by atoms with Gasteiger partial charge >= 0.3 is 0 Å². The monoisotopic (exact) mass is 372 g/mol. The molecule has 1 aliphatic heterocycles. The minimum absolute atomic E-state index is 0.0491. The second-order valence-electron chi connectivity index (χ2n) is 8.00. The smallest absolute Gasteiger partial charge is 0.243 e. The number of aromatic nitrogens is 1. The van der Waals surface area contributed by atoms with Crippen LogP contribution in [0, 0.1) is 5.92 Å². The Kier molecular flexibility index (Phi) is 4.08. The molecule has 4 heteroatoms. The molecule has 2 aliphatic rings. The highest BCUT2D eigenvalue weighted by Crippen LogP contribution is 2.51. The molecular weight excluding hydrogens is 348 g/mol. The number of hydrogen-bond donors (Lipinski definition) is 1. The molecule has 0 radical (unpaired) electrons. The van der Waals surface area contributed by atoms with Gasteiger partial charge in [0.05, 0.1) is 17.5 Å². The van der Waals surface area contributed by atoms with E-state index >= 15 is 0 Å². The van der Waals surface area contributed by atoms with Crippen LogP contribution >= 0.6 is 0 Å². The molecule has 5 rings (SSSR count). The Morgan fingerprint density at radius 1 is 1.00 bits per heavy atom. The van der Waals surface area contributed by atoms with Crippen LogP contribution in [-0.4, -0.2) is 16.8 Å². The third-order valence-corrected chi connectivity index (χ3v) is 6.38. The number of unbranched alkanes of at least 4 members (excludes halogenated alkanes) is 1. The Morgan fingerprint density at radius 3 is 2.54 bits per heavy atom. The molecule has 0 saturated carbocycles. The van der Waals surface area contributed by atoms with Crippen molar-refractivity contribution in [3.05, 3.63) is 65.9 Å². The van der Waals surface area contributed by atoms with E-state index in [2.05, 4.69) is 30.1 Å². The van der Waals surface area contributed by atoms with E-state index in [0.29, 0.717) is 11.6 Å². The maximum Gasteiger partial charge on any atom is 0.243 e. The number of fused-ring (bicyclic) bond motifs is 5. The van der Waals surface area contributed by atoms with Crippen molar-refractivity contribution in [3.8, 4) is 0 Å². The van der Waals surface area contributed by atoms with E-state index in [1.807, 2.05) is 36.4 Å². The molecule has 2 aromatic carbocycles. The van der Waals surface area contributed by atoms with Crippen LogP contribution < -0.4 is 4.90 Å². The average Bonchev–Trinajstić information content (AvgIpc) is 3.22. The zero-order valence-corrected chi connectivity index (χ0v) is 16.0. The minimum atomic E-state index is -0.395. The van der Waals surface area contributed by atoms with Crippen molar-refractivity contribution in [1.82, 2.24) is 4.98 Å². The molecule has 1 N–H and O–H groups in total. The zero-order chi connectivity index (χ0) is 19.3. The van der Waals surface area contributed by atoms with Crippen LogP contribution in [0.25, 0.3) is 10.9 Å². The van der Waals surface area contributed by atoms with E-state index in [-0.39, 0.29) is 17.7 Å². The number of para-hydroxylation sites is 2. The Morgan fingerprint density at radius 2 is 1.75 bits per heavy atom. The molecule has 1 aromatic heterocycles. The summed E-state index contributed by atoms with van der Waals surface area (Å²) in [6, 6.07) is 17.6. The predicted octanol–water partition coefficient (Wildman–Crippen LogP) is 5.12. The van der Waals surface area contributed by atoms with Crippen LogP contribution in [0.1, 0.15) is 55.7 Å². The molecule has 1 fully saturated rings. The van der Waals surface area contributed by atoms with Crippen LogP contribution in [-0.2, 0) is 9.59 Å². The van der Waals surface area contributed by atoms with Gasteiger partial charge in [-0.25, -0.2) is 4.90 Å². The summed E-state index contributed by atoms with van der Waals surface area (Å²) < 4.78 is 0. The first-order valence-electron chi connectivity index (χ1n) is 10.2. The molecule has 3 aromatic rings. The van der Waals surface area contributed by atoms with Crippen molar-refractivity contribution in [3.63, 3.8) is 0 Å². The molecule has 28 heavy (non-hydrogen) atoms. The number of hydrogen-bond acceptors (Lipinski definition) is 2. The Bertz CT molecular complexity index is 1050. The molecule has 1 saturated heterocycles. The first kappa shape index (κ1) is 17.2. The summed E-state index contributed by atoms with van der Waals surface area (Å²) in [6.45, 7) is 2.20. The molecule has 0 bridgehead atoms. The molecule has 4 nitrogen and oxygen atoms in total. The average molecular weight is 372 g/mol. The maximum atomic E-state index is 13.4. The number of nitrogens with one attached hydrogen (secondary N) is 1. The van der Waals surface area contributed by atoms with Gasteiger partial charge in [0, 0.05) is 16.6 Å². The van der Waals surface area contributed by atoms with Crippen molar-refractivity contribution >= 4 is 28.4 Å². The van der Waals surface area contributed by atoms with Crippen LogP contribution in [0.3, 0.4) is 0 Å². The summed E-state index contributed by atoms with van der Waals surface area (Å²) in [7, 11) is 0. The Hall–Kier alpha value is -2.88. The number of nitrogens with zero attached hydrogens (tertiary/aromatic N) is 1. The number of H-pyrrole nitrogens is 1. The highest BCUT2D eigenvalue weighted by atomic mass is 16.2. The van der Waals surface area contributed by atoms with Crippen LogP contribution in [0.15, 0.2) is 54.6 Å². The fourth-order valence-electron chi connectivity index (χ4n) is 5.13. The van der Waals surface area contributed by atoms with Crippen LogP contribution in [0.5, 0.6) is 0 Å². The predicted molar refractivity (Wildman–Crippen MR) is 110 cm³/mol. The Labute approximate surface area is 164 Å². The third kappa shape index (κ3) is 2.44. The third-order valence-electron chi connectivity index (χ3n) is 6.38. The highest BCUT2D eigenvalue weighted by Gasteiger charge is 2.53. The normalized spacial score (nSPS) is 23.9. The Balaban J connectivity index is 1.65. The van der Waals surface area contributed by atoms with Crippen molar-refractivity contribution in [2.24, 2.45) is 5.92 Å². The number of amides is 2. The summed E-state index contributed by atoms with van der Waals surface area (Å²) in [4.78, 5) is 31.6. The number of carbonyl (C=O) groups excluding carboxylic acids is 2. The van der Waals surface area contributed by atoms with Crippen molar-refractivity contribution in [2.45, 2.75) is 44.4 Å². The first-order chi connectivity index (χ1) is 13.7. The zero-order valence-electron chi connectivity index (χ0n) is 16.0. The van der Waals surface area contributed by atoms with Gasteiger partial charge in [0.1, 0.15) is 0 Å². The van der Waals surface area contributed by atoms with Gasteiger partial charge < -0.3 is 4.98 Å². The van der Waals surface area contributed by atoms with E-state index in [1.165, 1.54) is 15.8 Å². The lowest BCUT2D eigenvalue weighted by Gasteiger charge is -2.29. The molecule has 142 valence electrons. The molecular formula is C24H24N2O2. The summed E-state index contributed by atoms with van der Waals surface area (Å²) in [5.41, 5.74) is 3.97. The molecule has 1 aliphatic carbocycles. The van der Waals surface area contributed by atoms with Crippen LogP contribution in [0.2, 0.25) is 0 Å². The van der Waals surface area contributed by atoms with Crippen molar-refractivity contribution < 1.29 is 9.59 Å². The number of rotatable bonds is 4. The fourth-order valence-corrected chi connectivity index (χ4v) is 5.13. The van der Waals surface area contributed by atoms with Crippen LogP contribution in [0.4, 0.5) is 5.69 Å². The molecule has 2 heterocycles. The van der Waals surface area contributed by atoms with Gasteiger partial charge in [-0.2, -0.15) is 0 Å². The summed E-state index contributed by atoms with van der Waals surface area (Å²) in [5.74, 6) is -0.488. The largest absolute Gasteiger partial charge is 0.357 e. The number of carbonyl (C=O) groups is 2. The fraction of sp³-hybridized carbons (Fsp3) is 0.333. The maximum absolute atomic E-state index is 13.4. The van der Waals surface area contributed by atoms with Gasteiger partial charge in [0.25, 0.3) is 0 Å². The molecule has 0 spiro atoms. The molecule has 3 atom stereocenters. The van der Waals surface area contributed by atoms with Gasteiger partial charge in [-0.05, 0) is 42.5 Å². The lowest BCUT2D eigenvalue weighted by Crippen LogP contribution is -2.30. The summed E-state index contributed by atoms with van der Waals surface area (Å²) >= 11 is 0. The lowest BCUT2D eigenvalue weighted by atomic mass is 9.72. The van der Waals surface area contributed by atoms with Gasteiger partial charge in [-0.15, -0.1) is 0 Å². The SMILES string of the molecule is CCCC[C@H]1C[C@H]2C(=O)N(c3ccccc3)C(=O)[C@H]2c2[nH]c3ccccc3c21. The topological polar surface area (TPSA) is 53.2 Å². The van der Waals surface area contributed by atoms with E-state index in [9.17, 15) is 9.59 Å². The number of benzene rings is 2. The lowest BCUT2D eigenvalue weighted by molar-refractivity contribution is -0.122. The quantitative estimate of drug-likeness (QED) is 0.646. The number of imide groups is 1. The number of anilines is 1. The van der Waals surface area contributed by atoms with Crippen molar-refractivity contribution in [1.29, 1.82) is 0 Å². The van der Waals surface area contributed by atoms with E-state index in [0.717, 1.165) is 36.9 Å². The van der Waals surface area contributed by atoms with E-state index < -0.39 is 5.92 Å². The standard InChI is InChI=1S/C24H24N2O2/c1-2-3-9-15-14-18-21(22-20(15)17-12-7-8-13-19(17)25-22)24(28)26(23(18)27)16-10-5-4-6-11-16/h4-8,10-13,15,18,21,25H,2-3,9,14H2,1H3/t15-,18+,21+/m0/s1. The van der Waals surface area contributed by atoms with E-state index in [4.69, 9.17) is 0 Å². The van der Waals surface area contributed by atoms with Gasteiger partial charge in [0.2, 0.25) is 11.8 Å². The first-order valence-corrected chi connectivity index (χ1v) is 10.2. The number of aromatic amines is 1. The highest BCUT2D eigenvalue weighted by molar-refractivity contribution is 6.24. The van der Waals surface area contributed by atoms with Gasteiger partial charge in [-0.3, -0.25) is 9.59 Å².